The number of carbonyl (C=O) groups excluding carboxylic acids is 3. The molecule has 3 N–H and O–H groups in total. The summed E-state index contributed by atoms with van der Waals surface area (Å²) < 4.78 is 6.09. The largest absolute Gasteiger partial charge is 0.480 e. The molecule has 9 nitrogen and oxygen atoms in total. The van der Waals surface area contributed by atoms with Gasteiger partial charge >= 0.3 is 5.97 Å². The number of hydrogen-bond acceptors (Lipinski definition) is 6. The van der Waals surface area contributed by atoms with E-state index >= 15 is 0 Å². The van der Waals surface area contributed by atoms with E-state index in [1.165, 1.54) is 19.3 Å². The molecular formula is C37H47N3O6. The average molecular weight is 630 g/mol. The first kappa shape index (κ1) is 34.6. The summed E-state index contributed by atoms with van der Waals surface area (Å²) in [6, 6.07) is 17.7. The number of rotatable bonds is 18. The number of Topliss-reactive ketones (excluding diaryl/α,β-unsaturated/α-hetero) is 1. The number of carbonyl (C=O) groups is 4. The van der Waals surface area contributed by atoms with E-state index in [4.69, 9.17) is 4.42 Å². The first-order valence-electron chi connectivity index (χ1n) is 16.8. The predicted octanol–water partition coefficient (Wildman–Crippen LogP) is 7.36. The van der Waals surface area contributed by atoms with Crippen LogP contribution in [-0.4, -0.2) is 45.7 Å². The molecule has 1 heterocycles. The Morgan fingerprint density at radius 2 is 1.43 bits per heavy atom. The smallest absolute Gasteiger partial charge is 0.326 e. The molecule has 1 fully saturated rings. The number of unbranched alkanes of at least 4 members (excludes halogenated alkanes) is 6. The Morgan fingerprint density at radius 1 is 0.826 bits per heavy atom. The van der Waals surface area contributed by atoms with Gasteiger partial charge in [0.15, 0.2) is 11.5 Å². The second-order valence-corrected chi connectivity index (χ2v) is 12.3. The van der Waals surface area contributed by atoms with E-state index in [1.54, 1.807) is 0 Å². The first-order chi connectivity index (χ1) is 22.4. The molecule has 0 saturated heterocycles. The van der Waals surface area contributed by atoms with Crippen molar-refractivity contribution < 1.29 is 28.7 Å². The van der Waals surface area contributed by atoms with Crippen LogP contribution in [0.2, 0.25) is 0 Å². The summed E-state index contributed by atoms with van der Waals surface area (Å²) in [6.45, 7) is 2.17. The molecule has 0 spiro atoms. The number of nitrogens with zero attached hydrogens (tertiary/aromatic N) is 1. The molecule has 9 heteroatoms. The van der Waals surface area contributed by atoms with Crippen molar-refractivity contribution in [3.05, 3.63) is 66.4 Å². The van der Waals surface area contributed by atoms with Crippen LogP contribution in [-0.2, 0) is 14.4 Å². The molecular weight excluding hydrogens is 582 g/mol. The van der Waals surface area contributed by atoms with E-state index in [0.717, 1.165) is 36.8 Å². The minimum Gasteiger partial charge on any atom is -0.480 e. The summed E-state index contributed by atoms with van der Waals surface area (Å²) in [5.74, 6) is -1.13. The topological polar surface area (TPSA) is 139 Å². The zero-order chi connectivity index (χ0) is 32.7. The molecule has 246 valence electrons. The van der Waals surface area contributed by atoms with Crippen molar-refractivity contribution in [1.29, 1.82) is 0 Å². The van der Waals surface area contributed by atoms with Crippen LogP contribution in [0.4, 0.5) is 0 Å². The van der Waals surface area contributed by atoms with Gasteiger partial charge in [-0.25, -0.2) is 9.78 Å². The lowest BCUT2D eigenvalue weighted by atomic mass is 9.82. The molecule has 0 bridgehead atoms. The van der Waals surface area contributed by atoms with Gasteiger partial charge in [0.05, 0.1) is 0 Å². The Labute approximate surface area is 271 Å². The molecule has 2 amide bonds. The highest BCUT2D eigenvalue weighted by molar-refractivity contribution is 5.98. The van der Waals surface area contributed by atoms with Gasteiger partial charge in [0.1, 0.15) is 11.8 Å². The Bertz CT molecular complexity index is 1410. The van der Waals surface area contributed by atoms with Crippen molar-refractivity contribution in [3.8, 4) is 22.8 Å². The number of ketones is 1. The fourth-order valence-corrected chi connectivity index (χ4v) is 6.03. The van der Waals surface area contributed by atoms with Crippen molar-refractivity contribution in [1.82, 2.24) is 15.6 Å². The number of nitrogens with one attached hydrogen (secondary N) is 2. The maximum Gasteiger partial charge on any atom is 0.326 e. The molecule has 1 atom stereocenters. The van der Waals surface area contributed by atoms with E-state index < -0.39 is 12.0 Å². The highest BCUT2D eigenvalue weighted by Gasteiger charge is 2.30. The number of oxazole rings is 1. The fraction of sp³-hybridized carbons (Fsp3) is 0.486. The molecule has 1 aliphatic rings. The quantitative estimate of drug-likeness (QED) is 0.125. The third-order valence-electron chi connectivity index (χ3n) is 8.74. The zero-order valence-electron chi connectivity index (χ0n) is 26.8. The van der Waals surface area contributed by atoms with E-state index in [9.17, 15) is 24.3 Å². The predicted molar refractivity (Wildman–Crippen MR) is 177 cm³/mol. The van der Waals surface area contributed by atoms with Crippen LogP contribution in [0.25, 0.3) is 22.8 Å². The zero-order valence-corrected chi connectivity index (χ0v) is 26.8. The Morgan fingerprint density at radius 3 is 2.07 bits per heavy atom. The first-order valence-corrected chi connectivity index (χ1v) is 16.8. The molecule has 2 aromatic carbocycles. The summed E-state index contributed by atoms with van der Waals surface area (Å²) in [4.78, 5) is 55.1. The van der Waals surface area contributed by atoms with Crippen LogP contribution in [0, 0.1) is 5.92 Å². The van der Waals surface area contributed by atoms with Crippen molar-refractivity contribution in [2.24, 2.45) is 5.92 Å². The van der Waals surface area contributed by atoms with E-state index in [0.29, 0.717) is 43.8 Å². The minimum absolute atomic E-state index is 0.00715. The van der Waals surface area contributed by atoms with Crippen molar-refractivity contribution in [2.45, 2.75) is 109 Å². The number of amides is 2. The standard InChI is InChI=1S/C37H47N3O6/c1-2-3-4-5-6-7-14-19-32(42)39-30(37(44)45)24-25-31(41)26-20-22-29(23-21-26)38-35(43)33-34(27-15-10-8-11-16-27)46-36(40-33)28-17-12-9-13-18-28/h8-13,15-18,26,29-30H,2-7,14,19-25H2,1H3,(H,38,43)(H,39,42)(H,44,45). The van der Waals surface area contributed by atoms with E-state index in [1.807, 2.05) is 60.7 Å². The molecule has 3 aromatic rings. The maximum absolute atomic E-state index is 13.4. The van der Waals surface area contributed by atoms with Crippen LogP contribution >= 0.6 is 0 Å². The van der Waals surface area contributed by atoms with Gasteiger partial charge in [-0.2, -0.15) is 0 Å². The Kier molecular flexibility index (Phi) is 13.6. The third-order valence-corrected chi connectivity index (χ3v) is 8.74. The van der Waals surface area contributed by atoms with Crippen molar-refractivity contribution >= 4 is 23.6 Å². The number of benzene rings is 2. The van der Waals surface area contributed by atoms with Gasteiger partial charge in [-0.1, -0.05) is 94.0 Å². The molecule has 46 heavy (non-hydrogen) atoms. The van der Waals surface area contributed by atoms with Crippen LogP contribution in [0.5, 0.6) is 0 Å². The van der Waals surface area contributed by atoms with Gasteiger partial charge in [0.25, 0.3) is 5.91 Å². The SMILES string of the molecule is CCCCCCCCCC(=O)NC(CCC(=O)C1CCC(NC(=O)c2nc(-c3ccccc3)oc2-c2ccccc2)CC1)C(=O)O. The molecule has 1 saturated carbocycles. The lowest BCUT2D eigenvalue weighted by Gasteiger charge is -2.28. The number of carboxylic acids is 1. The highest BCUT2D eigenvalue weighted by atomic mass is 16.4. The third kappa shape index (κ3) is 10.4. The van der Waals surface area contributed by atoms with Gasteiger partial charge in [-0.3, -0.25) is 14.4 Å². The van der Waals surface area contributed by atoms with Gasteiger partial charge in [-0.15, -0.1) is 0 Å². The van der Waals surface area contributed by atoms with Gasteiger partial charge < -0.3 is 20.2 Å². The van der Waals surface area contributed by atoms with Crippen LogP contribution < -0.4 is 10.6 Å². The molecule has 0 radical (unpaired) electrons. The van der Waals surface area contributed by atoms with Crippen LogP contribution in [0.15, 0.2) is 65.1 Å². The van der Waals surface area contributed by atoms with Gasteiger partial charge in [0, 0.05) is 35.9 Å². The molecule has 1 aliphatic carbocycles. The minimum atomic E-state index is -1.12. The van der Waals surface area contributed by atoms with E-state index in [2.05, 4.69) is 22.5 Å². The lowest BCUT2D eigenvalue weighted by molar-refractivity contribution is -0.142. The summed E-state index contributed by atoms with van der Waals surface area (Å²) in [5.41, 5.74) is 1.75. The fourth-order valence-electron chi connectivity index (χ4n) is 6.03. The second-order valence-electron chi connectivity index (χ2n) is 12.3. The molecule has 4 rings (SSSR count). The Balaban J connectivity index is 1.24. The number of aliphatic carboxylic acids is 1. The highest BCUT2D eigenvalue weighted by Crippen LogP contribution is 2.31. The van der Waals surface area contributed by atoms with Gasteiger partial charge in [-0.05, 0) is 50.7 Å². The number of aromatic nitrogens is 1. The summed E-state index contributed by atoms with van der Waals surface area (Å²) in [7, 11) is 0. The van der Waals surface area contributed by atoms with Crippen molar-refractivity contribution in [2.75, 3.05) is 0 Å². The van der Waals surface area contributed by atoms with Crippen molar-refractivity contribution in [3.63, 3.8) is 0 Å². The Hall–Kier alpha value is -4.27. The van der Waals surface area contributed by atoms with Crippen LogP contribution in [0.3, 0.4) is 0 Å². The maximum atomic E-state index is 13.4. The average Bonchev–Trinajstić information content (AvgIpc) is 3.53. The summed E-state index contributed by atoms with van der Waals surface area (Å²) >= 11 is 0. The summed E-state index contributed by atoms with van der Waals surface area (Å²) in [6.07, 6.45) is 10.5. The normalized spacial score (nSPS) is 16.8. The van der Waals surface area contributed by atoms with Crippen LogP contribution in [0.1, 0.15) is 107 Å². The molecule has 1 aromatic heterocycles. The molecule has 1 unspecified atom stereocenters. The monoisotopic (exact) mass is 629 g/mol. The number of carboxylic acid groups (broad SMARTS) is 1. The lowest BCUT2D eigenvalue weighted by Crippen LogP contribution is -2.41. The van der Waals surface area contributed by atoms with E-state index in [-0.39, 0.29) is 48.1 Å². The van der Waals surface area contributed by atoms with Gasteiger partial charge in [0.2, 0.25) is 11.8 Å². The summed E-state index contributed by atoms with van der Waals surface area (Å²) in [5, 5.41) is 15.3. The second kappa shape index (κ2) is 18.0. The number of hydrogen-bond donors (Lipinski definition) is 3. The molecule has 0 aliphatic heterocycles.